The molecule has 1 aliphatic heterocycles. The van der Waals surface area contributed by atoms with Crippen LogP contribution in [0.5, 0.6) is 11.5 Å². The lowest BCUT2D eigenvalue weighted by atomic mass is 10.1. The summed E-state index contributed by atoms with van der Waals surface area (Å²) >= 11 is 0. The van der Waals surface area contributed by atoms with Crippen LogP contribution in [0.15, 0.2) is 54.6 Å². The molecule has 3 aromatic carbocycles. The van der Waals surface area contributed by atoms with Crippen molar-refractivity contribution in [3.63, 3.8) is 0 Å². The van der Waals surface area contributed by atoms with E-state index in [0.717, 1.165) is 45.3 Å². The Morgan fingerprint density at radius 2 is 1.97 bits per heavy atom. The number of fused-ring (bicyclic) bond motifs is 2. The van der Waals surface area contributed by atoms with E-state index in [-0.39, 0.29) is 18.2 Å². The summed E-state index contributed by atoms with van der Waals surface area (Å²) in [5.74, 6) is 2.16. The average molecular weight is 472 g/mol. The first-order valence-electron chi connectivity index (χ1n) is 11.7. The molecule has 1 unspecified atom stereocenters. The Bertz CT molecular complexity index is 1430. The molecule has 0 radical (unpaired) electrons. The molecule has 1 N–H and O–H groups in total. The zero-order chi connectivity index (χ0) is 24.7. The summed E-state index contributed by atoms with van der Waals surface area (Å²) in [6.45, 7) is 8.13. The molecule has 0 bridgehead atoms. The van der Waals surface area contributed by atoms with E-state index < -0.39 is 0 Å². The van der Waals surface area contributed by atoms with Crippen LogP contribution in [0.4, 0.5) is 5.69 Å². The first kappa shape index (κ1) is 22.8. The second-order valence-electron chi connectivity index (χ2n) is 8.87. The van der Waals surface area contributed by atoms with Gasteiger partial charge >= 0.3 is 5.97 Å². The van der Waals surface area contributed by atoms with Crippen LogP contribution in [0, 0.1) is 13.8 Å². The lowest BCUT2D eigenvalue weighted by Gasteiger charge is -2.16. The molecule has 0 amide bonds. The summed E-state index contributed by atoms with van der Waals surface area (Å²) in [6, 6.07) is 18.2. The van der Waals surface area contributed by atoms with E-state index in [1.807, 2.05) is 50.2 Å². The average Bonchev–Trinajstić information content (AvgIpc) is 3.32. The first-order valence-corrected chi connectivity index (χ1v) is 11.7. The minimum Gasteiger partial charge on any atom is -0.497 e. The van der Waals surface area contributed by atoms with Crippen molar-refractivity contribution in [2.45, 2.75) is 46.4 Å². The van der Waals surface area contributed by atoms with Crippen LogP contribution in [0.25, 0.3) is 16.7 Å². The summed E-state index contributed by atoms with van der Waals surface area (Å²) in [5.41, 5.74) is 7.23. The van der Waals surface area contributed by atoms with Crippen LogP contribution in [-0.2, 0) is 16.1 Å². The van der Waals surface area contributed by atoms with Gasteiger partial charge in [0.05, 0.1) is 23.8 Å². The van der Waals surface area contributed by atoms with Gasteiger partial charge in [0.1, 0.15) is 23.4 Å². The highest BCUT2D eigenvalue weighted by Crippen LogP contribution is 2.40. The van der Waals surface area contributed by atoms with Crippen LogP contribution < -0.4 is 14.8 Å². The maximum atomic E-state index is 11.4. The molecule has 7 heteroatoms. The minimum atomic E-state index is -0.373. The van der Waals surface area contributed by atoms with Gasteiger partial charge in [0.25, 0.3) is 0 Å². The van der Waals surface area contributed by atoms with Crippen molar-refractivity contribution >= 4 is 22.7 Å². The van der Waals surface area contributed by atoms with E-state index in [1.54, 1.807) is 7.11 Å². The van der Waals surface area contributed by atoms with Gasteiger partial charge in [0, 0.05) is 36.9 Å². The Labute approximate surface area is 204 Å². The predicted octanol–water partition coefficient (Wildman–Crippen LogP) is 5.65. The van der Waals surface area contributed by atoms with Crippen LogP contribution in [0.1, 0.15) is 42.5 Å². The Hall–Kier alpha value is -4.00. The van der Waals surface area contributed by atoms with Gasteiger partial charge in [0.15, 0.2) is 6.10 Å². The van der Waals surface area contributed by atoms with Crippen LogP contribution >= 0.6 is 0 Å². The second kappa shape index (κ2) is 8.98. The fraction of sp³-hybridized carbons (Fsp3) is 0.286. The smallest absolute Gasteiger partial charge is 0.303 e. The van der Waals surface area contributed by atoms with Crippen molar-refractivity contribution in [3.8, 4) is 17.2 Å². The molecule has 0 saturated heterocycles. The molecular weight excluding hydrogens is 442 g/mol. The molecule has 0 aliphatic carbocycles. The fourth-order valence-electron chi connectivity index (χ4n) is 4.74. The molecule has 5 rings (SSSR count). The van der Waals surface area contributed by atoms with Crippen LogP contribution in [-0.4, -0.2) is 28.7 Å². The van der Waals surface area contributed by atoms with E-state index in [1.165, 1.54) is 18.1 Å². The number of ether oxygens (including phenoxy) is 3. The highest BCUT2D eigenvalue weighted by Gasteiger charge is 2.33. The van der Waals surface area contributed by atoms with Gasteiger partial charge in [-0.1, -0.05) is 12.1 Å². The largest absolute Gasteiger partial charge is 0.497 e. The lowest BCUT2D eigenvalue weighted by Crippen LogP contribution is -2.18. The number of hydrogen-bond donors (Lipinski definition) is 1. The van der Waals surface area contributed by atoms with E-state index in [9.17, 15) is 4.79 Å². The quantitative estimate of drug-likeness (QED) is 0.367. The van der Waals surface area contributed by atoms with Gasteiger partial charge in [-0.3, -0.25) is 9.36 Å². The number of anilines is 1. The Balaban J connectivity index is 1.41. The van der Waals surface area contributed by atoms with Gasteiger partial charge in [-0.15, -0.1) is 0 Å². The molecule has 0 fully saturated rings. The number of benzene rings is 3. The summed E-state index contributed by atoms with van der Waals surface area (Å²) in [7, 11) is 1.67. The third-order valence-electron chi connectivity index (χ3n) is 6.52. The summed E-state index contributed by atoms with van der Waals surface area (Å²) in [5, 5.41) is 3.51. The van der Waals surface area contributed by atoms with E-state index >= 15 is 0 Å². The van der Waals surface area contributed by atoms with Crippen LogP contribution in [0.3, 0.4) is 0 Å². The van der Waals surface area contributed by atoms with E-state index in [0.29, 0.717) is 6.54 Å². The molecule has 7 nitrogen and oxygen atoms in total. The summed E-state index contributed by atoms with van der Waals surface area (Å²) in [4.78, 5) is 16.2. The topological polar surface area (TPSA) is 74.6 Å². The normalized spacial score (nSPS) is 16.6. The summed E-state index contributed by atoms with van der Waals surface area (Å²) < 4.78 is 19.0. The maximum absolute atomic E-state index is 11.4. The van der Waals surface area contributed by atoms with Crippen LogP contribution in [0.2, 0.25) is 0 Å². The molecule has 2 heterocycles. The predicted molar refractivity (Wildman–Crippen MR) is 135 cm³/mol. The Kier molecular flexibility index (Phi) is 5.84. The van der Waals surface area contributed by atoms with Gasteiger partial charge in [0.2, 0.25) is 0 Å². The minimum absolute atomic E-state index is 0.213. The Morgan fingerprint density at radius 3 is 2.74 bits per heavy atom. The number of carbonyl (C=O) groups excluding carboxylic acids is 1. The van der Waals surface area contributed by atoms with Crippen molar-refractivity contribution in [2.75, 3.05) is 12.4 Å². The van der Waals surface area contributed by atoms with Crippen molar-refractivity contribution in [2.24, 2.45) is 0 Å². The van der Waals surface area contributed by atoms with E-state index in [4.69, 9.17) is 19.2 Å². The maximum Gasteiger partial charge on any atom is 0.303 e. The molecule has 0 saturated carbocycles. The first-order chi connectivity index (χ1) is 16.9. The highest BCUT2D eigenvalue weighted by atomic mass is 16.6. The molecule has 1 aromatic heterocycles. The number of nitrogens with zero attached hydrogens (tertiary/aromatic N) is 2. The summed E-state index contributed by atoms with van der Waals surface area (Å²) in [6.07, 6.45) is -0.586. The van der Waals surface area contributed by atoms with Gasteiger partial charge in [-0.25, -0.2) is 4.98 Å². The van der Waals surface area contributed by atoms with Crippen molar-refractivity contribution in [1.29, 1.82) is 0 Å². The SMILES string of the molecule is COc1ccc2nc(C)n(-c3cccc(CNc4ccc5c(c4)OC(C)[C@H]5OC(C)=O)c3C)c2c1. The second-order valence-corrected chi connectivity index (χ2v) is 8.87. The van der Waals surface area contributed by atoms with Gasteiger partial charge < -0.3 is 19.5 Å². The molecule has 35 heavy (non-hydrogen) atoms. The third kappa shape index (κ3) is 4.18. The molecule has 2 atom stereocenters. The number of hydrogen-bond acceptors (Lipinski definition) is 6. The number of esters is 1. The van der Waals surface area contributed by atoms with Crippen molar-refractivity contribution in [3.05, 3.63) is 77.1 Å². The monoisotopic (exact) mass is 471 g/mol. The highest BCUT2D eigenvalue weighted by molar-refractivity contribution is 5.80. The Morgan fingerprint density at radius 1 is 1.14 bits per heavy atom. The zero-order valence-electron chi connectivity index (χ0n) is 20.6. The third-order valence-corrected chi connectivity index (χ3v) is 6.52. The molecule has 180 valence electrons. The number of imidazole rings is 1. The molecule has 1 aliphatic rings. The van der Waals surface area contributed by atoms with E-state index in [2.05, 4.69) is 35.0 Å². The number of rotatable bonds is 6. The number of nitrogens with one attached hydrogen (secondary N) is 1. The molecule has 0 spiro atoms. The number of aromatic nitrogens is 2. The molecule has 4 aromatic rings. The van der Waals surface area contributed by atoms with Crippen molar-refractivity contribution in [1.82, 2.24) is 9.55 Å². The van der Waals surface area contributed by atoms with Gasteiger partial charge in [-0.2, -0.15) is 0 Å². The standard InChI is InChI=1S/C28H29N3O4/c1-16-20(15-29-21-9-11-23-27(13-21)34-17(2)28(23)35-19(4)32)7-6-8-25(16)31-18(3)30-24-12-10-22(33-5)14-26(24)31/h6-14,17,28-29H,15H2,1-5H3/t17?,28-/m1/s1. The lowest BCUT2D eigenvalue weighted by molar-refractivity contribution is -0.149. The van der Waals surface area contributed by atoms with Gasteiger partial charge in [-0.05, 0) is 62.2 Å². The zero-order valence-corrected chi connectivity index (χ0v) is 20.6. The van der Waals surface area contributed by atoms with Crippen molar-refractivity contribution < 1.29 is 19.0 Å². The number of carbonyl (C=O) groups is 1. The number of methoxy groups -OCH3 is 1. The molecular formula is C28H29N3O4. The fourth-order valence-corrected chi connectivity index (χ4v) is 4.74. The number of aryl methyl sites for hydroxylation is 1.